The van der Waals surface area contributed by atoms with E-state index in [9.17, 15) is 4.79 Å². The van der Waals surface area contributed by atoms with E-state index < -0.39 is 0 Å². The van der Waals surface area contributed by atoms with Crippen LogP contribution in [0.3, 0.4) is 0 Å². The van der Waals surface area contributed by atoms with E-state index in [0.29, 0.717) is 12.2 Å². The summed E-state index contributed by atoms with van der Waals surface area (Å²) in [6.07, 6.45) is 1.55. The highest BCUT2D eigenvalue weighted by Crippen LogP contribution is 2.08. The number of aromatic nitrogens is 1. The van der Waals surface area contributed by atoms with Crippen LogP contribution >= 0.6 is 0 Å². The molecule has 1 amide bonds. The van der Waals surface area contributed by atoms with Gasteiger partial charge in [0, 0.05) is 19.0 Å². The van der Waals surface area contributed by atoms with E-state index in [1.807, 2.05) is 30.3 Å². The van der Waals surface area contributed by atoms with Crippen LogP contribution in [0.5, 0.6) is 0 Å². The number of carbonyl (C=O) groups excluding carboxylic acids is 1. The predicted molar refractivity (Wildman–Crippen MR) is 69.3 cm³/mol. The summed E-state index contributed by atoms with van der Waals surface area (Å²) in [4.78, 5) is 16.0. The summed E-state index contributed by atoms with van der Waals surface area (Å²) < 4.78 is 4.96. The number of rotatable bonds is 4. The number of hydrogen-bond donors (Lipinski definition) is 1. The number of carbonyl (C=O) groups is 1. The molecule has 1 aromatic carbocycles. The third-order valence-electron chi connectivity index (χ3n) is 2.41. The van der Waals surface area contributed by atoms with Crippen LogP contribution < -0.4 is 5.32 Å². The molecule has 0 aliphatic carbocycles. The lowest BCUT2D eigenvalue weighted by Gasteiger charge is -2.05. The monoisotopic (exact) mass is 242 g/mol. The highest BCUT2D eigenvalue weighted by atomic mass is 16.5. The number of amides is 1. The molecule has 92 valence electrons. The van der Waals surface area contributed by atoms with Gasteiger partial charge in [0.1, 0.15) is 0 Å². The molecule has 0 spiro atoms. The molecule has 0 radical (unpaired) electrons. The molecule has 2 aromatic rings. The Hall–Kier alpha value is -2.20. The number of anilines is 1. The lowest BCUT2D eigenvalue weighted by molar-refractivity contribution is 0.102. The molecule has 4 nitrogen and oxygen atoms in total. The molecule has 1 N–H and O–H groups in total. The summed E-state index contributed by atoms with van der Waals surface area (Å²) in [5, 5.41) is 2.80. The van der Waals surface area contributed by atoms with Gasteiger partial charge in [-0.3, -0.25) is 9.78 Å². The Kier molecular flexibility index (Phi) is 4.04. The Morgan fingerprint density at radius 2 is 2.00 bits per heavy atom. The van der Waals surface area contributed by atoms with Crippen LogP contribution in [0, 0.1) is 0 Å². The van der Waals surface area contributed by atoms with Gasteiger partial charge in [-0.25, -0.2) is 0 Å². The maximum atomic E-state index is 11.9. The first-order chi connectivity index (χ1) is 8.79. The van der Waals surface area contributed by atoms with Gasteiger partial charge in [-0.1, -0.05) is 18.2 Å². The van der Waals surface area contributed by atoms with Gasteiger partial charge in [0.15, 0.2) is 0 Å². The summed E-state index contributed by atoms with van der Waals surface area (Å²) in [6, 6.07) is 12.8. The number of methoxy groups -OCH3 is 1. The van der Waals surface area contributed by atoms with E-state index in [0.717, 1.165) is 11.4 Å². The lowest BCUT2D eigenvalue weighted by Crippen LogP contribution is -2.12. The van der Waals surface area contributed by atoms with Crippen molar-refractivity contribution in [3.8, 4) is 0 Å². The molecule has 0 unspecified atom stereocenters. The van der Waals surface area contributed by atoms with E-state index in [1.165, 1.54) is 0 Å². The first-order valence-electron chi connectivity index (χ1n) is 5.60. The zero-order valence-electron chi connectivity index (χ0n) is 10.1. The summed E-state index contributed by atoms with van der Waals surface area (Å²) in [6.45, 7) is 0.445. The zero-order valence-corrected chi connectivity index (χ0v) is 10.1. The van der Waals surface area contributed by atoms with Crippen molar-refractivity contribution in [1.29, 1.82) is 0 Å². The van der Waals surface area contributed by atoms with Gasteiger partial charge >= 0.3 is 0 Å². The molecular weight excluding hydrogens is 228 g/mol. The fourth-order valence-electron chi connectivity index (χ4n) is 1.52. The van der Waals surface area contributed by atoms with Crippen molar-refractivity contribution in [2.75, 3.05) is 12.4 Å². The van der Waals surface area contributed by atoms with Crippen molar-refractivity contribution in [2.45, 2.75) is 6.61 Å². The Bertz CT molecular complexity index is 509. The molecule has 0 fully saturated rings. The van der Waals surface area contributed by atoms with Crippen LogP contribution in [0.4, 0.5) is 5.69 Å². The number of benzene rings is 1. The molecule has 0 saturated carbocycles. The Balaban J connectivity index is 2.05. The average Bonchev–Trinajstić information content (AvgIpc) is 2.41. The van der Waals surface area contributed by atoms with Crippen LogP contribution in [0.15, 0.2) is 48.7 Å². The first-order valence-corrected chi connectivity index (χ1v) is 5.60. The quantitative estimate of drug-likeness (QED) is 0.896. The van der Waals surface area contributed by atoms with E-state index in [2.05, 4.69) is 10.3 Å². The van der Waals surface area contributed by atoms with Crippen LogP contribution in [0.2, 0.25) is 0 Å². The predicted octanol–water partition coefficient (Wildman–Crippen LogP) is 2.48. The van der Waals surface area contributed by atoms with Gasteiger partial charge in [-0.05, 0) is 24.3 Å². The Morgan fingerprint density at radius 3 is 2.61 bits per heavy atom. The minimum absolute atomic E-state index is 0.169. The normalized spacial score (nSPS) is 10.1. The number of nitrogens with one attached hydrogen (secondary N) is 1. The number of para-hydroxylation sites is 1. The minimum atomic E-state index is -0.169. The van der Waals surface area contributed by atoms with Crippen LogP contribution in [-0.2, 0) is 11.3 Å². The SMILES string of the molecule is COCc1ccc(C(=O)Nc2ccccc2)cn1. The van der Waals surface area contributed by atoms with Gasteiger partial charge in [0.05, 0.1) is 17.9 Å². The van der Waals surface area contributed by atoms with Crippen LogP contribution in [-0.4, -0.2) is 18.0 Å². The van der Waals surface area contributed by atoms with E-state index in [4.69, 9.17) is 4.74 Å². The zero-order chi connectivity index (χ0) is 12.8. The smallest absolute Gasteiger partial charge is 0.257 e. The van der Waals surface area contributed by atoms with Crippen molar-refractivity contribution < 1.29 is 9.53 Å². The fraction of sp³-hybridized carbons (Fsp3) is 0.143. The highest BCUT2D eigenvalue weighted by molar-refractivity contribution is 6.03. The van der Waals surface area contributed by atoms with Gasteiger partial charge < -0.3 is 10.1 Å². The number of pyridine rings is 1. The van der Waals surface area contributed by atoms with Crippen LogP contribution in [0.25, 0.3) is 0 Å². The fourth-order valence-corrected chi connectivity index (χ4v) is 1.52. The van der Waals surface area contributed by atoms with Gasteiger partial charge in [-0.2, -0.15) is 0 Å². The molecule has 0 aliphatic rings. The molecule has 1 heterocycles. The summed E-state index contributed by atoms with van der Waals surface area (Å²) >= 11 is 0. The Morgan fingerprint density at radius 1 is 1.22 bits per heavy atom. The highest BCUT2D eigenvalue weighted by Gasteiger charge is 2.06. The van der Waals surface area contributed by atoms with Crippen molar-refractivity contribution in [1.82, 2.24) is 4.98 Å². The first kappa shape index (κ1) is 12.3. The second kappa shape index (κ2) is 5.93. The average molecular weight is 242 g/mol. The molecule has 4 heteroatoms. The summed E-state index contributed by atoms with van der Waals surface area (Å²) in [5.74, 6) is -0.169. The van der Waals surface area contributed by atoms with Crippen molar-refractivity contribution in [3.05, 3.63) is 59.9 Å². The second-order valence-corrected chi connectivity index (χ2v) is 3.79. The molecule has 1 aromatic heterocycles. The maximum absolute atomic E-state index is 11.9. The van der Waals surface area contributed by atoms with Gasteiger partial charge in [0.25, 0.3) is 5.91 Å². The van der Waals surface area contributed by atoms with E-state index in [1.54, 1.807) is 25.4 Å². The molecule has 0 bridgehead atoms. The summed E-state index contributed by atoms with van der Waals surface area (Å²) in [5.41, 5.74) is 2.09. The van der Waals surface area contributed by atoms with E-state index in [-0.39, 0.29) is 5.91 Å². The Labute approximate surface area is 106 Å². The van der Waals surface area contributed by atoms with Gasteiger partial charge in [-0.15, -0.1) is 0 Å². The molecule has 0 atom stereocenters. The number of ether oxygens (including phenoxy) is 1. The standard InChI is InChI=1S/C14H14N2O2/c1-18-10-13-8-7-11(9-15-13)14(17)16-12-5-3-2-4-6-12/h2-9H,10H2,1H3,(H,16,17). The third kappa shape index (κ3) is 3.15. The molecule has 0 aliphatic heterocycles. The molecule has 2 rings (SSSR count). The van der Waals surface area contributed by atoms with Crippen molar-refractivity contribution >= 4 is 11.6 Å². The number of nitrogens with zero attached hydrogens (tertiary/aromatic N) is 1. The topological polar surface area (TPSA) is 51.2 Å². The minimum Gasteiger partial charge on any atom is -0.378 e. The molecular formula is C14H14N2O2. The van der Waals surface area contributed by atoms with Crippen molar-refractivity contribution in [2.24, 2.45) is 0 Å². The van der Waals surface area contributed by atoms with Crippen molar-refractivity contribution in [3.63, 3.8) is 0 Å². The summed E-state index contributed by atoms with van der Waals surface area (Å²) in [7, 11) is 1.61. The third-order valence-corrected chi connectivity index (χ3v) is 2.41. The maximum Gasteiger partial charge on any atom is 0.257 e. The molecule has 0 saturated heterocycles. The molecule has 18 heavy (non-hydrogen) atoms. The second-order valence-electron chi connectivity index (χ2n) is 3.79. The van der Waals surface area contributed by atoms with Gasteiger partial charge in [0.2, 0.25) is 0 Å². The van der Waals surface area contributed by atoms with E-state index >= 15 is 0 Å². The largest absolute Gasteiger partial charge is 0.378 e. The lowest BCUT2D eigenvalue weighted by atomic mass is 10.2. The number of hydrogen-bond acceptors (Lipinski definition) is 3. The van der Waals surface area contributed by atoms with Crippen LogP contribution in [0.1, 0.15) is 16.1 Å².